The highest BCUT2D eigenvalue weighted by Crippen LogP contribution is 2.27. The van der Waals surface area contributed by atoms with Crippen LogP contribution >= 0.6 is 0 Å². The van der Waals surface area contributed by atoms with E-state index in [4.69, 9.17) is 78.5 Å². The Labute approximate surface area is 509 Å². The molecule has 450 valence electrons. The summed E-state index contributed by atoms with van der Waals surface area (Å²) in [6.45, 7) is 28.0. The number of hydrogen-bond acceptors (Lipinski definition) is 19. The van der Waals surface area contributed by atoms with Crippen molar-refractivity contribution in [2.75, 3.05) is 0 Å². The minimum atomic E-state index is -3.49. The molecule has 4 aliphatic heterocycles. The molecule has 4 fully saturated rings. The fourth-order valence-electron chi connectivity index (χ4n) is 9.12. The summed E-state index contributed by atoms with van der Waals surface area (Å²) in [4.78, 5) is 0. The van der Waals surface area contributed by atoms with E-state index in [1.807, 2.05) is 6.55 Å². The first-order chi connectivity index (χ1) is 37.4. The fourth-order valence-corrected chi connectivity index (χ4v) is 61.7. The smallest absolute Gasteiger partial charge is 0.441 e. The summed E-state index contributed by atoms with van der Waals surface area (Å²) in [6, 6.07) is 8.91. The maximum Gasteiger partial charge on any atom is 0.636 e. The summed E-state index contributed by atoms with van der Waals surface area (Å²) in [5.41, 5.74) is 0. The molecule has 0 bridgehead atoms. The molecule has 19 nitrogen and oxygen atoms in total. The summed E-state index contributed by atoms with van der Waals surface area (Å²) in [5, 5.41) is 0. The van der Waals surface area contributed by atoms with Gasteiger partial charge in [-0.25, -0.2) is 0 Å². The lowest BCUT2D eigenvalue weighted by Crippen LogP contribution is -2.57. The van der Waals surface area contributed by atoms with Gasteiger partial charge in [-0.05, 0) is 140 Å². The van der Waals surface area contributed by atoms with Crippen LogP contribution in [0.2, 0.25) is 133 Å². The van der Waals surface area contributed by atoms with Crippen LogP contribution in [0.25, 0.3) is 0 Å². The quantitative estimate of drug-likeness (QED) is 0.0509. The zero-order valence-corrected chi connectivity index (χ0v) is 71.3. The van der Waals surface area contributed by atoms with Gasteiger partial charge in [-0.3, -0.25) is 0 Å². The first kappa shape index (κ1) is 74.0. The van der Waals surface area contributed by atoms with Crippen molar-refractivity contribution in [3.05, 3.63) is 0 Å². The summed E-state index contributed by atoms with van der Waals surface area (Å²) in [6.07, 6.45) is 18.1. The second-order valence-corrected chi connectivity index (χ2v) is 63.4. The molecule has 0 saturated carbocycles. The van der Waals surface area contributed by atoms with Crippen LogP contribution < -0.4 is 0 Å². The molecule has 0 amide bonds. The van der Waals surface area contributed by atoms with Crippen LogP contribution in [0.1, 0.15) is 110 Å². The Morgan fingerprint density at radius 2 is 0.795 bits per heavy atom. The Bertz CT molecular complexity index is 1430. The Balaban J connectivity index is 1.32. The lowest BCUT2D eigenvalue weighted by atomic mass is 10.2. The van der Waals surface area contributed by atoms with Crippen LogP contribution in [0, 0.1) is 0 Å². The van der Waals surface area contributed by atoms with Crippen LogP contribution in [0.15, 0.2) is 0 Å². The standard InChI is InChI=1S/C39H100O19Si20/c1-39-38-63(2)46-65(4)52-73(40-39)33-25-17-14-22-30-59-43-78(44-60-31-23-15-18-26-34-74-42-62-41-64(3)47-68(7)53-74,45-61-32-24-16-19-27-35-75-54-69(8)48-66(5)49-70(9)55-75)58-77(12,13)37-29-21-20-28-36-76-56-71(10)50-67(6)51-72(11)57-76/h39,63-72H,14-38H2,1-13H3. The van der Waals surface area contributed by atoms with E-state index in [1.165, 1.54) is 0 Å². The van der Waals surface area contributed by atoms with Crippen molar-refractivity contribution in [3.8, 4) is 0 Å². The van der Waals surface area contributed by atoms with Gasteiger partial charge in [-0.1, -0.05) is 103 Å². The van der Waals surface area contributed by atoms with Crippen molar-refractivity contribution in [2.24, 2.45) is 0 Å². The molecule has 4 heterocycles. The normalized spacial score (nSPS) is 30.3. The van der Waals surface area contributed by atoms with Crippen LogP contribution in [0.5, 0.6) is 0 Å². The van der Waals surface area contributed by atoms with Crippen molar-refractivity contribution < 1.29 is 78.5 Å². The van der Waals surface area contributed by atoms with Gasteiger partial charge in [0.1, 0.15) is 0 Å². The third-order valence-corrected chi connectivity index (χ3v) is 64.8. The molecule has 0 aromatic rings. The van der Waals surface area contributed by atoms with Crippen LogP contribution in [0.3, 0.4) is 0 Å². The highest BCUT2D eigenvalue weighted by Gasteiger charge is 2.49. The second-order valence-electron chi connectivity index (χ2n) is 21.2. The molecule has 4 aliphatic rings. The predicted molar refractivity (Wildman–Crippen MR) is 347 cm³/mol. The van der Waals surface area contributed by atoms with Crippen LogP contribution in [0.4, 0.5) is 0 Å². The molecule has 0 N–H and O–H groups in total. The highest BCUT2D eigenvalue weighted by molar-refractivity contribution is 6.82. The van der Waals surface area contributed by atoms with E-state index in [2.05, 4.69) is 78.9 Å². The molecule has 39 heteroatoms. The largest absolute Gasteiger partial charge is 0.636 e. The monoisotopic (exact) mass is 1430 g/mol. The summed E-state index contributed by atoms with van der Waals surface area (Å²) in [5.74, 6) is 0. The average Bonchev–Trinajstić information content (AvgIpc) is 3.32. The van der Waals surface area contributed by atoms with Crippen molar-refractivity contribution >= 4 is 186 Å². The Morgan fingerprint density at radius 1 is 0.436 bits per heavy atom. The van der Waals surface area contributed by atoms with Crippen LogP contribution in [-0.2, 0) is 78.5 Å². The van der Waals surface area contributed by atoms with Gasteiger partial charge in [0, 0.05) is 6.10 Å². The molecule has 4 saturated heterocycles. The summed E-state index contributed by atoms with van der Waals surface area (Å²) in [7, 11) is -26.5. The fraction of sp³-hybridized carbons (Fsp3) is 1.00. The van der Waals surface area contributed by atoms with Gasteiger partial charge in [0.25, 0.3) is 83.6 Å². The van der Waals surface area contributed by atoms with Gasteiger partial charge < -0.3 is 78.5 Å². The molecule has 10 unspecified atom stereocenters. The number of rotatable bonds is 36. The molecule has 0 aliphatic carbocycles. The maximum absolute atomic E-state index is 7.32. The van der Waals surface area contributed by atoms with E-state index in [-0.39, 0.29) is 45.4 Å². The van der Waals surface area contributed by atoms with E-state index in [9.17, 15) is 0 Å². The Kier molecular flexibility index (Phi) is 41.1. The van der Waals surface area contributed by atoms with E-state index in [0.29, 0.717) is 0 Å². The van der Waals surface area contributed by atoms with Gasteiger partial charge >= 0.3 is 56.2 Å². The first-order valence-electron chi connectivity index (χ1n) is 29.4. The maximum atomic E-state index is 7.32. The number of hydrogen-bond donors (Lipinski definition) is 0. The molecule has 10 atom stereocenters. The third kappa shape index (κ3) is 35.5. The zero-order valence-electron chi connectivity index (χ0n) is 49.8. The van der Waals surface area contributed by atoms with E-state index in [1.54, 1.807) is 0 Å². The van der Waals surface area contributed by atoms with Crippen molar-refractivity contribution in [1.82, 2.24) is 0 Å². The van der Waals surface area contributed by atoms with Gasteiger partial charge in [0.05, 0.1) is 0 Å². The molecular formula is C39H100O19Si20. The Morgan fingerprint density at radius 3 is 1.26 bits per heavy atom. The van der Waals surface area contributed by atoms with Gasteiger partial charge in [-0.15, -0.1) is 0 Å². The van der Waals surface area contributed by atoms with E-state index >= 15 is 0 Å². The lowest BCUT2D eigenvalue weighted by Gasteiger charge is -2.36. The van der Waals surface area contributed by atoms with Gasteiger partial charge in [0.2, 0.25) is 29.3 Å². The van der Waals surface area contributed by atoms with Gasteiger partial charge in [0.15, 0.2) is 17.4 Å². The number of unbranched alkanes of at least 4 members (excludes halogenated alkanes) is 12. The van der Waals surface area contributed by atoms with E-state index in [0.717, 1.165) is 157 Å². The molecule has 78 heavy (non-hydrogen) atoms. The lowest BCUT2D eigenvalue weighted by molar-refractivity contribution is 0.165. The summed E-state index contributed by atoms with van der Waals surface area (Å²) < 4.78 is 121. The molecule has 12 radical (unpaired) electrons. The minimum absolute atomic E-state index is 0.0377. The van der Waals surface area contributed by atoms with Crippen molar-refractivity contribution in [1.29, 1.82) is 0 Å². The predicted octanol–water partition coefficient (Wildman–Crippen LogP) is 6.23. The average molecular weight is 1430 g/mol. The van der Waals surface area contributed by atoms with E-state index < -0.39 is 147 Å². The van der Waals surface area contributed by atoms with Crippen molar-refractivity contribution in [3.63, 3.8) is 0 Å². The Hall–Kier alpha value is 3.58. The third-order valence-electron chi connectivity index (χ3n) is 12.6. The molecule has 4 rings (SSSR count). The zero-order chi connectivity index (χ0) is 56.6. The van der Waals surface area contributed by atoms with Crippen LogP contribution in [-0.4, -0.2) is 192 Å². The molecule has 0 spiro atoms. The summed E-state index contributed by atoms with van der Waals surface area (Å²) >= 11 is 0. The topological polar surface area (TPSA) is 175 Å². The molecule has 0 aromatic carbocycles. The van der Waals surface area contributed by atoms with Crippen molar-refractivity contribution in [2.45, 2.75) is 249 Å². The second kappa shape index (κ2) is 43.3. The SMILES string of the molecule is CC1C[SiH](C)O[SiH](C)O[Si](CCCCCC[Si]O[Si](O[Si]CCCCCC[Si]2O[Si]O[SiH](C)O[SiH](C)O2)(O[Si]CCCCCC[Si]2O[SiH](C)O[SiH](C)O[SiH](C)O2)O[Si](C)(C)CCCCCC[Si]2O[SiH](C)O[SiH](C)O[SiH](C)O2)O1. The minimum Gasteiger partial charge on any atom is -0.441 e. The highest BCUT2D eigenvalue weighted by atomic mass is 28.5. The van der Waals surface area contributed by atoms with Gasteiger partial charge in [-0.2, -0.15) is 0 Å². The molecular weight excluding hydrogens is 1330 g/mol. The molecule has 0 aromatic heterocycles. The first-order valence-corrected chi connectivity index (χ1v) is 65.7.